The van der Waals surface area contributed by atoms with Gasteiger partial charge in [-0.05, 0) is 31.8 Å². The van der Waals surface area contributed by atoms with Crippen molar-refractivity contribution < 1.29 is 14.3 Å². The Bertz CT molecular complexity index is 399. The van der Waals surface area contributed by atoms with Gasteiger partial charge in [-0.25, -0.2) is 4.79 Å². The summed E-state index contributed by atoms with van der Waals surface area (Å²) in [5.41, 5.74) is -0.0651. The van der Waals surface area contributed by atoms with Gasteiger partial charge in [-0.3, -0.25) is 0 Å². The molecule has 0 saturated carbocycles. The van der Waals surface area contributed by atoms with Gasteiger partial charge >= 0.3 is 5.97 Å². The molecule has 0 bridgehead atoms. The number of hydrogen-bond donors (Lipinski definition) is 2. The lowest BCUT2D eigenvalue weighted by molar-refractivity contribution is 0.0690. The van der Waals surface area contributed by atoms with Crippen molar-refractivity contribution in [2.45, 2.75) is 19.8 Å². The number of carboxylic acids is 1. The summed E-state index contributed by atoms with van der Waals surface area (Å²) in [6.45, 7) is 6.32. The minimum atomic E-state index is -1.07. The number of likely N-dealkylation sites (tertiary alicyclic amines) is 1. The molecule has 100 valence electrons. The van der Waals surface area contributed by atoms with E-state index < -0.39 is 5.97 Å². The molecule has 2 N–H and O–H groups in total. The monoisotopic (exact) mass is 253 g/mol. The number of nitrogens with one attached hydrogen (secondary N) is 1. The fourth-order valence-corrected chi connectivity index (χ4v) is 2.19. The van der Waals surface area contributed by atoms with E-state index in [9.17, 15) is 4.79 Å². The molecule has 1 aliphatic rings. The van der Waals surface area contributed by atoms with E-state index in [1.165, 1.54) is 25.9 Å². The van der Waals surface area contributed by atoms with Crippen LogP contribution in [-0.2, 0) is 0 Å². The van der Waals surface area contributed by atoms with Crippen LogP contribution in [0.2, 0.25) is 0 Å². The molecule has 0 radical (unpaired) electrons. The van der Waals surface area contributed by atoms with Crippen molar-refractivity contribution in [1.82, 2.24) is 9.88 Å². The standard InChI is InChI=1S/C12H19N3O3/c1-9(7-15-4-2-3-5-15)6-13-12-14-10(8-18-12)11(16)17/h8-9H,2-7H2,1H3,(H,13,14)(H,16,17). The number of hydrogen-bond acceptors (Lipinski definition) is 5. The van der Waals surface area contributed by atoms with E-state index >= 15 is 0 Å². The average molecular weight is 253 g/mol. The van der Waals surface area contributed by atoms with Crippen LogP contribution in [0.25, 0.3) is 0 Å². The van der Waals surface area contributed by atoms with Gasteiger partial charge in [-0.2, -0.15) is 4.98 Å². The Morgan fingerprint density at radius 1 is 1.61 bits per heavy atom. The van der Waals surface area contributed by atoms with Crippen molar-refractivity contribution in [2.75, 3.05) is 31.5 Å². The van der Waals surface area contributed by atoms with Crippen LogP contribution in [0.1, 0.15) is 30.3 Å². The summed E-state index contributed by atoms with van der Waals surface area (Å²) in [6.07, 6.45) is 3.74. The maximum atomic E-state index is 10.6. The van der Waals surface area contributed by atoms with Crippen LogP contribution < -0.4 is 5.32 Å². The largest absolute Gasteiger partial charge is 0.476 e. The molecule has 1 aromatic rings. The Hall–Kier alpha value is -1.56. The minimum absolute atomic E-state index is 0.0651. The Morgan fingerprint density at radius 3 is 2.94 bits per heavy atom. The predicted molar refractivity (Wildman–Crippen MR) is 66.8 cm³/mol. The van der Waals surface area contributed by atoms with Crippen molar-refractivity contribution in [3.05, 3.63) is 12.0 Å². The molecule has 2 heterocycles. The van der Waals surface area contributed by atoms with Gasteiger partial charge in [0.15, 0.2) is 5.69 Å². The Labute approximate surface area is 106 Å². The second-order valence-electron chi connectivity index (χ2n) is 4.84. The lowest BCUT2D eigenvalue weighted by atomic mass is 10.1. The second kappa shape index (κ2) is 5.86. The molecule has 0 spiro atoms. The smallest absolute Gasteiger partial charge is 0.357 e. The maximum Gasteiger partial charge on any atom is 0.357 e. The molecule has 1 aliphatic heterocycles. The summed E-state index contributed by atoms with van der Waals surface area (Å²) in [5.74, 6) is -0.597. The van der Waals surface area contributed by atoms with Crippen molar-refractivity contribution in [3.63, 3.8) is 0 Å². The van der Waals surface area contributed by atoms with Crippen LogP contribution in [0.5, 0.6) is 0 Å². The average Bonchev–Trinajstić information content (AvgIpc) is 2.96. The van der Waals surface area contributed by atoms with Gasteiger partial charge in [-0.1, -0.05) is 6.92 Å². The van der Waals surface area contributed by atoms with E-state index in [0.717, 1.165) is 19.4 Å². The molecular formula is C12H19N3O3. The first-order valence-electron chi connectivity index (χ1n) is 6.30. The van der Waals surface area contributed by atoms with Crippen molar-refractivity contribution in [3.8, 4) is 0 Å². The number of anilines is 1. The molecule has 1 unspecified atom stereocenters. The second-order valence-corrected chi connectivity index (χ2v) is 4.84. The molecule has 6 nitrogen and oxygen atoms in total. The minimum Gasteiger partial charge on any atom is -0.476 e. The van der Waals surface area contributed by atoms with Crippen LogP contribution in [0.4, 0.5) is 6.01 Å². The van der Waals surface area contributed by atoms with E-state index in [4.69, 9.17) is 9.52 Å². The first-order valence-corrected chi connectivity index (χ1v) is 6.30. The number of carbonyl (C=O) groups is 1. The third-order valence-corrected chi connectivity index (χ3v) is 3.09. The molecule has 0 aromatic carbocycles. The van der Waals surface area contributed by atoms with Crippen LogP contribution in [0.3, 0.4) is 0 Å². The van der Waals surface area contributed by atoms with E-state index in [-0.39, 0.29) is 11.7 Å². The van der Waals surface area contributed by atoms with Crippen LogP contribution in [0.15, 0.2) is 10.7 Å². The van der Waals surface area contributed by atoms with E-state index in [2.05, 4.69) is 22.1 Å². The highest BCUT2D eigenvalue weighted by Gasteiger charge is 2.15. The molecule has 0 amide bonds. The zero-order valence-corrected chi connectivity index (χ0v) is 10.6. The quantitative estimate of drug-likeness (QED) is 0.800. The number of rotatable bonds is 6. The van der Waals surface area contributed by atoms with Gasteiger partial charge in [0.05, 0.1) is 0 Å². The normalized spacial score (nSPS) is 17.8. The van der Waals surface area contributed by atoms with Gasteiger partial charge in [0.1, 0.15) is 6.26 Å². The molecule has 6 heteroatoms. The molecule has 1 aromatic heterocycles. The van der Waals surface area contributed by atoms with Crippen molar-refractivity contribution in [1.29, 1.82) is 0 Å². The molecule has 18 heavy (non-hydrogen) atoms. The van der Waals surface area contributed by atoms with Crippen LogP contribution in [-0.4, -0.2) is 47.1 Å². The molecule has 1 fully saturated rings. The summed E-state index contributed by atoms with van der Waals surface area (Å²) in [7, 11) is 0. The topological polar surface area (TPSA) is 78.6 Å². The summed E-state index contributed by atoms with van der Waals surface area (Å²) in [5, 5.41) is 11.7. The summed E-state index contributed by atoms with van der Waals surface area (Å²) >= 11 is 0. The SMILES string of the molecule is CC(CNc1nc(C(=O)O)co1)CN1CCCC1. The molecule has 2 rings (SSSR count). The van der Waals surface area contributed by atoms with E-state index in [1.807, 2.05) is 0 Å². The number of aromatic nitrogens is 1. The predicted octanol–water partition coefficient (Wildman–Crippen LogP) is 1.52. The van der Waals surface area contributed by atoms with Gasteiger partial charge in [0, 0.05) is 13.1 Å². The Morgan fingerprint density at radius 2 is 2.33 bits per heavy atom. The Balaban J connectivity index is 1.74. The van der Waals surface area contributed by atoms with Gasteiger partial charge in [-0.15, -0.1) is 0 Å². The van der Waals surface area contributed by atoms with E-state index in [0.29, 0.717) is 5.92 Å². The molecule has 1 saturated heterocycles. The molecular weight excluding hydrogens is 234 g/mol. The lowest BCUT2D eigenvalue weighted by Gasteiger charge is -2.19. The van der Waals surface area contributed by atoms with Crippen molar-refractivity contribution >= 4 is 12.0 Å². The zero-order chi connectivity index (χ0) is 13.0. The highest BCUT2D eigenvalue weighted by molar-refractivity contribution is 5.85. The third-order valence-electron chi connectivity index (χ3n) is 3.09. The first-order chi connectivity index (χ1) is 8.65. The highest BCUT2D eigenvalue weighted by Crippen LogP contribution is 2.12. The van der Waals surface area contributed by atoms with Crippen molar-refractivity contribution in [2.24, 2.45) is 5.92 Å². The number of oxazole rings is 1. The fourth-order valence-electron chi connectivity index (χ4n) is 2.19. The number of carboxylic acid groups (broad SMARTS) is 1. The van der Waals surface area contributed by atoms with Gasteiger partial charge in [0.2, 0.25) is 0 Å². The van der Waals surface area contributed by atoms with Crippen LogP contribution in [0, 0.1) is 5.92 Å². The summed E-state index contributed by atoms with van der Waals surface area (Å²) in [6, 6.07) is 0.278. The lowest BCUT2D eigenvalue weighted by Crippen LogP contribution is -2.28. The maximum absolute atomic E-state index is 10.6. The summed E-state index contributed by atoms with van der Waals surface area (Å²) < 4.78 is 5.03. The fraction of sp³-hybridized carbons (Fsp3) is 0.667. The Kier molecular flexibility index (Phi) is 4.19. The summed E-state index contributed by atoms with van der Waals surface area (Å²) in [4.78, 5) is 16.9. The zero-order valence-electron chi connectivity index (χ0n) is 10.6. The first kappa shape index (κ1) is 12.9. The number of nitrogens with zero attached hydrogens (tertiary/aromatic N) is 2. The molecule has 1 atom stereocenters. The van der Waals surface area contributed by atoms with Gasteiger partial charge in [0.25, 0.3) is 6.01 Å². The third kappa shape index (κ3) is 3.46. The number of aromatic carboxylic acids is 1. The highest BCUT2D eigenvalue weighted by atomic mass is 16.4. The van der Waals surface area contributed by atoms with Gasteiger partial charge < -0.3 is 19.7 Å². The van der Waals surface area contributed by atoms with Crippen LogP contribution >= 0.6 is 0 Å². The van der Waals surface area contributed by atoms with E-state index in [1.54, 1.807) is 0 Å². The molecule has 0 aliphatic carbocycles.